The van der Waals surface area contributed by atoms with Crippen LogP contribution in [0.5, 0.6) is 0 Å². The van der Waals surface area contributed by atoms with E-state index in [1.165, 1.54) is 5.57 Å². The Morgan fingerprint density at radius 2 is 2.20 bits per heavy atom. The number of nitrogens with one attached hydrogen (secondary N) is 1. The van der Waals surface area contributed by atoms with Crippen molar-refractivity contribution in [2.75, 3.05) is 13.6 Å². The van der Waals surface area contributed by atoms with Crippen LogP contribution in [0.15, 0.2) is 23.8 Å². The fourth-order valence-electron chi connectivity index (χ4n) is 0.880. The Morgan fingerprint density at radius 3 is 2.60 bits per heavy atom. The van der Waals surface area contributed by atoms with Gasteiger partial charge in [-0.1, -0.05) is 25.2 Å². The van der Waals surface area contributed by atoms with E-state index in [1.54, 1.807) is 0 Å². The Bertz CT molecular complexity index is 123. The molecule has 0 spiro atoms. The summed E-state index contributed by atoms with van der Waals surface area (Å²) in [7, 11) is 1.97. The molecular formula is C9H17N. The fraction of sp³-hybridized carbons (Fsp3) is 0.556. The van der Waals surface area contributed by atoms with Gasteiger partial charge in [0.05, 0.1) is 0 Å². The van der Waals surface area contributed by atoms with E-state index in [4.69, 9.17) is 0 Å². The maximum Gasteiger partial charge on any atom is 0.0199 e. The van der Waals surface area contributed by atoms with Crippen molar-refractivity contribution in [3.8, 4) is 0 Å². The van der Waals surface area contributed by atoms with Crippen LogP contribution in [0, 0.1) is 0 Å². The zero-order chi connectivity index (χ0) is 7.82. The standard InChI is InChI=1S/C9H17N/c1-4-6-9(7-5-2)8-10-3/h4,6-7,10H,5,8H2,1-3H3/b6-4-,9-7+. The molecule has 1 nitrogen and oxygen atoms in total. The Hall–Kier alpha value is -0.560. The van der Waals surface area contributed by atoms with Gasteiger partial charge in [-0.15, -0.1) is 0 Å². The van der Waals surface area contributed by atoms with E-state index in [0.717, 1.165) is 13.0 Å². The first-order valence-corrected chi connectivity index (χ1v) is 3.81. The van der Waals surface area contributed by atoms with Gasteiger partial charge in [-0.2, -0.15) is 0 Å². The van der Waals surface area contributed by atoms with E-state index in [9.17, 15) is 0 Å². The van der Waals surface area contributed by atoms with Gasteiger partial charge in [-0.3, -0.25) is 0 Å². The largest absolute Gasteiger partial charge is 0.316 e. The Morgan fingerprint density at radius 1 is 1.50 bits per heavy atom. The van der Waals surface area contributed by atoms with E-state index < -0.39 is 0 Å². The van der Waals surface area contributed by atoms with Crippen molar-refractivity contribution in [2.24, 2.45) is 0 Å². The smallest absolute Gasteiger partial charge is 0.0199 e. The van der Waals surface area contributed by atoms with Crippen molar-refractivity contribution >= 4 is 0 Å². The second-order valence-electron chi connectivity index (χ2n) is 2.22. The first-order valence-electron chi connectivity index (χ1n) is 3.81. The molecule has 10 heavy (non-hydrogen) atoms. The summed E-state index contributed by atoms with van der Waals surface area (Å²) in [6.45, 7) is 5.16. The highest BCUT2D eigenvalue weighted by atomic mass is 14.8. The van der Waals surface area contributed by atoms with Crippen LogP contribution in [0.3, 0.4) is 0 Å². The summed E-state index contributed by atoms with van der Waals surface area (Å²) in [5.74, 6) is 0. The van der Waals surface area contributed by atoms with Gasteiger partial charge in [-0.05, 0) is 26.0 Å². The first kappa shape index (κ1) is 9.44. The maximum absolute atomic E-state index is 3.12. The molecule has 58 valence electrons. The van der Waals surface area contributed by atoms with Crippen LogP contribution < -0.4 is 5.32 Å². The molecule has 0 saturated carbocycles. The van der Waals surface area contributed by atoms with Crippen LogP contribution in [0.1, 0.15) is 20.3 Å². The molecule has 0 aromatic carbocycles. The lowest BCUT2D eigenvalue weighted by atomic mass is 10.2. The number of hydrogen-bond donors (Lipinski definition) is 1. The van der Waals surface area contributed by atoms with Crippen LogP contribution in [0.2, 0.25) is 0 Å². The Kier molecular flexibility index (Phi) is 6.19. The third-order valence-corrected chi connectivity index (χ3v) is 1.23. The van der Waals surface area contributed by atoms with E-state index >= 15 is 0 Å². The van der Waals surface area contributed by atoms with Gasteiger partial charge < -0.3 is 5.32 Å². The first-order chi connectivity index (χ1) is 4.85. The fourth-order valence-corrected chi connectivity index (χ4v) is 0.880. The predicted octanol–water partition coefficient (Wildman–Crippen LogP) is 2.12. The van der Waals surface area contributed by atoms with E-state index in [2.05, 4.69) is 30.5 Å². The summed E-state index contributed by atoms with van der Waals surface area (Å²) in [6, 6.07) is 0. The average Bonchev–Trinajstić information content (AvgIpc) is 1.90. The molecule has 0 aliphatic carbocycles. The maximum atomic E-state index is 3.12. The number of likely N-dealkylation sites (N-methyl/N-ethyl adjacent to an activating group) is 1. The summed E-state index contributed by atoms with van der Waals surface area (Å²) in [6.07, 6.45) is 7.55. The zero-order valence-corrected chi connectivity index (χ0v) is 7.15. The second kappa shape index (κ2) is 6.56. The van der Waals surface area contributed by atoms with Crippen molar-refractivity contribution in [2.45, 2.75) is 20.3 Å². The number of rotatable bonds is 4. The average molecular weight is 139 g/mol. The van der Waals surface area contributed by atoms with E-state index in [-0.39, 0.29) is 0 Å². The van der Waals surface area contributed by atoms with Gasteiger partial charge in [0.25, 0.3) is 0 Å². The second-order valence-corrected chi connectivity index (χ2v) is 2.22. The Labute approximate surface area is 63.8 Å². The number of hydrogen-bond acceptors (Lipinski definition) is 1. The van der Waals surface area contributed by atoms with Crippen LogP contribution in [0.25, 0.3) is 0 Å². The molecule has 0 unspecified atom stereocenters. The lowest BCUT2D eigenvalue weighted by molar-refractivity contribution is 0.889. The highest BCUT2D eigenvalue weighted by molar-refractivity contribution is 5.19. The predicted molar refractivity (Wildman–Crippen MR) is 47.1 cm³/mol. The Balaban J connectivity index is 3.84. The quantitative estimate of drug-likeness (QED) is 0.588. The third-order valence-electron chi connectivity index (χ3n) is 1.23. The van der Waals surface area contributed by atoms with Gasteiger partial charge >= 0.3 is 0 Å². The summed E-state index contributed by atoms with van der Waals surface area (Å²) in [5.41, 5.74) is 1.37. The summed E-state index contributed by atoms with van der Waals surface area (Å²) < 4.78 is 0. The molecule has 0 aromatic heterocycles. The highest BCUT2D eigenvalue weighted by Crippen LogP contribution is 1.96. The topological polar surface area (TPSA) is 12.0 Å². The molecule has 0 amide bonds. The molecule has 0 fully saturated rings. The molecule has 0 aliphatic rings. The molecule has 0 rings (SSSR count). The van der Waals surface area contributed by atoms with E-state index in [0.29, 0.717) is 0 Å². The number of allylic oxidation sites excluding steroid dienone is 2. The zero-order valence-electron chi connectivity index (χ0n) is 7.15. The molecule has 0 aliphatic heterocycles. The van der Waals surface area contributed by atoms with Crippen LogP contribution in [-0.4, -0.2) is 13.6 Å². The molecule has 0 aromatic rings. The summed E-state index contributed by atoms with van der Waals surface area (Å²) in [4.78, 5) is 0. The molecule has 0 heterocycles. The minimum atomic E-state index is 0.970. The highest BCUT2D eigenvalue weighted by Gasteiger charge is 1.85. The SMILES string of the molecule is C/C=C\C(=C/CC)CNC. The summed E-state index contributed by atoms with van der Waals surface area (Å²) in [5, 5.41) is 3.12. The van der Waals surface area contributed by atoms with Crippen molar-refractivity contribution in [3.63, 3.8) is 0 Å². The molecule has 0 atom stereocenters. The molecule has 0 radical (unpaired) electrons. The third kappa shape index (κ3) is 4.33. The summed E-state index contributed by atoms with van der Waals surface area (Å²) >= 11 is 0. The molecule has 1 N–H and O–H groups in total. The minimum Gasteiger partial charge on any atom is -0.316 e. The van der Waals surface area contributed by atoms with Crippen molar-refractivity contribution in [1.82, 2.24) is 5.32 Å². The monoisotopic (exact) mass is 139 g/mol. The van der Waals surface area contributed by atoms with Gasteiger partial charge in [0.15, 0.2) is 0 Å². The molecular weight excluding hydrogens is 122 g/mol. The van der Waals surface area contributed by atoms with Crippen LogP contribution in [0.4, 0.5) is 0 Å². The van der Waals surface area contributed by atoms with Crippen molar-refractivity contribution < 1.29 is 0 Å². The van der Waals surface area contributed by atoms with Crippen molar-refractivity contribution in [1.29, 1.82) is 0 Å². The molecule has 0 bridgehead atoms. The lowest BCUT2D eigenvalue weighted by Crippen LogP contribution is -2.08. The van der Waals surface area contributed by atoms with Crippen LogP contribution in [-0.2, 0) is 0 Å². The van der Waals surface area contributed by atoms with Gasteiger partial charge in [-0.25, -0.2) is 0 Å². The van der Waals surface area contributed by atoms with Gasteiger partial charge in [0, 0.05) is 6.54 Å². The van der Waals surface area contributed by atoms with Crippen molar-refractivity contribution in [3.05, 3.63) is 23.8 Å². The molecule has 1 heteroatoms. The van der Waals surface area contributed by atoms with Crippen LogP contribution >= 0.6 is 0 Å². The van der Waals surface area contributed by atoms with Gasteiger partial charge in [0.1, 0.15) is 0 Å². The minimum absolute atomic E-state index is 0.970. The van der Waals surface area contributed by atoms with Gasteiger partial charge in [0.2, 0.25) is 0 Å². The molecule has 0 saturated heterocycles. The van der Waals surface area contributed by atoms with E-state index in [1.807, 2.05) is 14.0 Å². The normalized spacial score (nSPS) is 12.9. The lowest BCUT2D eigenvalue weighted by Gasteiger charge is -1.98.